The van der Waals surface area contributed by atoms with Crippen molar-refractivity contribution in [3.63, 3.8) is 0 Å². The molecular formula is C30H29BrN3O4S2+. The lowest BCUT2D eigenvalue weighted by Crippen LogP contribution is -2.35. The summed E-state index contributed by atoms with van der Waals surface area (Å²) >= 11 is 5.32. The molecule has 0 aliphatic carbocycles. The van der Waals surface area contributed by atoms with Crippen LogP contribution in [-0.4, -0.2) is 29.8 Å². The summed E-state index contributed by atoms with van der Waals surface area (Å²) in [5, 5.41) is 2.21. The maximum atomic E-state index is 11.5. The molecule has 0 radical (unpaired) electrons. The van der Waals surface area contributed by atoms with E-state index < -0.39 is 10.1 Å². The third-order valence-electron chi connectivity index (χ3n) is 7.05. The number of aromatic nitrogens is 2. The van der Waals surface area contributed by atoms with Gasteiger partial charge in [-0.2, -0.15) is 13.0 Å². The molecule has 3 heterocycles. The number of para-hydroxylation sites is 1. The number of unbranched alkanes of at least 4 members (excludes halogenated alkanes) is 1. The summed E-state index contributed by atoms with van der Waals surface area (Å²) in [6.07, 6.45) is 6.48. The quantitative estimate of drug-likeness (QED) is 0.137. The van der Waals surface area contributed by atoms with Crippen LogP contribution in [0.3, 0.4) is 0 Å². The van der Waals surface area contributed by atoms with Gasteiger partial charge < -0.3 is 14.2 Å². The standard InChI is InChI=1S/C30H28BrN3O4S2/c1-2-3-14-34-26-18-22(31)9-12-28(26)39-30(34)20-29-33(15-6-17-40(35,36)37)25-19-23(10-11-27(25)38-29)32-16-13-21-7-4-5-8-24(21)32/h4-5,7-13,16,18-20H,2-3,6,14-15,17H2,1H3/p+1. The van der Waals surface area contributed by atoms with Crippen LogP contribution in [0, 0.1) is 0 Å². The summed E-state index contributed by atoms with van der Waals surface area (Å²) in [4.78, 5) is 2.01. The number of aryl methyl sites for hydroxylation is 1. The Hall–Kier alpha value is -3.18. The molecule has 40 heavy (non-hydrogen) atoms. The number of hydrogen-bond donors (Lipinski definition) is 1. The van der Waals surface area contributed by atoms with Gasteiger partial charge in [0.05, 0.1) is 23.0 Å². The molecule has 0 unspecified atom stereocenters. The molecule has 0 amide bonds. The lowest BCUT2D eigenvalue weighted by atomic mass is 10.2. The van der Waals surface area contributed by atoms with Crippen LogP contribution >= 0.6 is 27.3 Å². The fourth-order valence-electron chi connectivity index (χ4n) is 5.12. The van der Waals surface area contributed by atoms with E-state index in [4.69, 9.17) is 4.74 Å². The highest BCUT2D eigenvalue weighted by molar-refractivity contribution is 9.10. The zero-order valence-corrected chi connectivity index (χ0v) is 25.2. The van der Waals surface area contributed by atoms with Gasteiger partial charge in [-0.25, -0.2) is 0 Å². The molecule has 1 N–H and O–H groups in total. The van der Waals surface area contributed by atoms with E-state index in [-0.39, 0.29) is 12.2 Å². The predicted octanol–water partition coefficient (Wildman–Crippen LogP) is 7.17. The topological polar surface area (TPSA) is 75.7 Å². The maximum Gasteiger partial charge on any atom is 0.268 e. The van der Waals surface area contributed by atoms with Gasteiger partial charge >= 0.3 is 0 Å². The van der Waals surface area contributed by atoms with Gasteiger partial charge in [0.1, 0.15) is 4.70 Å². The van der Waals surface area contributed by atoms with Crippen molar-refractivity contribution in [1.29, 1.82) is 0 Å². The summed E-state index contributed by atoms with van der Waals surface area (Å²) < 4.78 is 45.5. The molecule has 1 aliphatic heterocycles. The van der Waals surface area contributed by atoms with Crippen molar-refractivity contribution in [3.05, 3.63) is 88.3 Å². The summed E-state index contributed by atoms with van der Waals surface area (Å²) in [6.45, 7) is 3.44. The molecule has 0 atom stereocenters. The Bertz CT molecular complexity index is 1860. The fourth-order valence-corrected chi connectivity index (χ4v) is 7.06. The van der Waals surface area contributed by atoms with Gasteiger partial charge in [0.15, 0.2) is 12.3 Å². The Labute approximate surface area is 245 Å². The Morgan fingerprint density at radius 3 is 2.75 bits per heavy atom. The number of thiazole rings is 1. The van der Waals surface area contributed by atoms with E-state index in [0.717, 1.165) is 56.7 Å². The van der Waals surface area contributed by atoms with Gasteiger partial charge in [-0.3, -0.25) is 4.55 Å². The molecule has 10 heteroatoms. The van der Waals surface area contributed by atoms with Gasteiger partial charge in [-0.05, 0) is 54.3 Å². The molecule has 1 aliphatic rings. The van der Waals surface area contributed by atoms with Crippen LogP contribution < -0.4 is 14.2 Å². The Kier molecular flexibility index (Phi) is 7.43. The second-order valence-corrected chi connectivity index (χ2v) is 13.4. The van der Waals surface area contributed by atoms with E-state index in [2.05, 4.69) is 74.5 Å². The monoisotopic (exact) mass is 638 g/mol. The molecule has 0 saturated carbocycles. The summed E-state index contributed by atoms with van der Waals surface area (Å²) in [5.41, 5.74) is 4.11. The smallest absolute Gasteiger partial charge is 0.268 e. The maximum absolute atomic E-state index is 11.5. The average molecular weight is 640 g/mol. The van der Waals surface area contributed by atoms with Crippen LogP contribution in [0.25, 0.3) is 32.9 Å². The molecule has 206 valence electrons. The van der Waals surface area contributed by atoms with Crippen LogP contribution in [0.1, 0.15) is 31.2 Å². The molecular weight excluding hydrogens is 610 g/mol. The van der Waals surface area contributed by atoms with Crippen LogP contribution in [0.2, 0.25) is 0 Å². The molecule has 3 aromatic carbocycles. The molecule has 0 bridgehead atoms. The molecule has 0 saturated heterocycles. The number of fused-ring (bicyclic) bond motifs is 3. The van der Waals surface area contributed by atoms with Gasteiger partial charge in [0.2, 0.25) is 11.4 Å². The molecule has 0 spiro atoms. The zero-order valence-electron chi connectivity index (χ0n) is 22.0. The molecule has 6 rings (SSSR count). The minimum Gasteiger partial charge on any atom is -0.438 e. The second-order valence-electron chi connectivity index (χ2n) is 9.83. The number of anilines is 1. The van der Waals surface area contributed by atoms with Gasteiger partial charge in [-0.1, -0.05) is 58.8 Å². The van der Waals surface area contributed by atoms with Gasteiger partial charge in [0, 0.05) is 35.4 Å². The first-order valence-electron chi connectivity index (χ1n) is 13.3. The highest BCUT2D eigenvalue weighted by atomic mass is 79.9. The first-order chi connectivity index (χ1) is 19.3. The third-order valence-corrected chi connectivity index (χ3v) is 9.46. The van der Waals surface area contributed by atoms with Crippen molar-refractivity contribution < 1.29 is 22.3 Å². The summed E-state index contributed by atoms with van der Waals surface area (Å²) in [6, 6.07) is 22.7. The number of hydrogen-bond acceptors (Lipinski definition) is 5. The number of ether oxygens (including phenoxy) is 1. The second kappa shape index (κ2) is 11.0. The molecule has 5 aromatic rings. The van der Waals surface area contributed by atoms with E-state index in [9.17, 15) is 13.0 Å². The fraction of sp³-hybridized carbons (Fsp3) is 0.233. The average Bonchev–Trinajstić information content (AvgIpc) is 3.60. The van der Waals surface area contributed by atoms with Crippen molar-refractivity contribution in [3.8, 4) is 11.4 Å². The molecule has 7 nitrogen and oxygen atoms in total. The van der Waals surface area contributed by atoms with E-state index >= 15 is 0 Å². The van der Waals surface area contributed by atoms with E-state index in [1.54, 1.807) is 11.3 Å². The first-order valence-corrected chi connectivity index (χ1v) is 16.5. The zero-order chi connectivity index (χ0) is 27.9. The Balaban J connectivity index is 1.43. The normalized spacial score (nSPS) is 14.4. The van der Waals surface area contributed by atoms with Crippen molar-refractivity contribution in [2.45, 2.75) is 32.7 Å². The van der Waals surface area contributed by atoms with Gasteiger partial charge in [-0.15, -0.1) is 0 Å². The number of nitrogens with zero attached hydrogens (tertiary/aromatic N) is 3. The largest absolute Gasteiger partial charge is 0.438 e. The number of benzene rings is 3. The number of rotatable bonds is 9. The van der Waals surface area contributed by atoms with Crippen molar-refractivity contribution in [2.24, 2.45) is 0 Å². The lowest BCUT2D eigenvalue weighted by molar-refractivity contribution is -0.669. The van der Waals surface area contributed by atoms with Gasteiger partial charge in [0.25, 0.3) is 15.1 Å². The minimum atomic E-state index is -4.07. The number of halogens is 1. The lowest BCUT2D eigenvalue weighted by Gasteiger charge is -2.18. The first kappa shape index (κ1) is 27.0. The Morgan fingerprint density at radius 2 is 1.93 bits per heavy atom. The van der Waals surface area contributed by atoms with E-state index in [1.165, 1.54) is 4.70 Å². The Morgan fingerprint density at radius 1 is 1.07 bits per heavy atom. The van der Waals surface area contributed by atoms with Crippen LogP contribution in [0.15, 0.2) is 83.3 Å². The molecule has 2 aromatic heterocycles. The van der Waals surface area contributed by atoms with Crippen LogP contribution in [-0.2, 0) is 16.7 Å². The summed E-state index contributed by atoms with van der Waals surface area (Å²) in [5.74, 6) is 1.03. The van der Waals surface area contributed by atoms with Crippen LogP contribution in [0.4, 0.5) is 5.69 Å². The SMILES string of the molecule is CCCC[n+]1c(/C=C2\Oc3ccc(-n4ccc5ccccc54)cc3N2CCCS(=O)(=O)O)sc2ccc(Br)cc21. The van der Waals surface area contributed by atoms with Crippen molar-refractivity contribution in [1.82, 2.24) is 4.57 Å². The van der Waals surface area contributed by atoms with Crippen molar-refractivity contribution in [2.75, 3.05) is 17.2 Å². The summed E-state index contributed by atoms with van der Waals surface area (Å²) in [7, 11) is -4.07. The highest BCUT2D eigenvalue weighted by Crippen LogP contribution is 2.42. The minimum absolute atomic E-state index is 0.255. The third kappa shape index (κ3) is 5.41. The van der Waals surface area contributed by atoms with E-state index in [1.807, 2.05) is 41.4 Å². The highest BCUT2D eigenvalue weighted by Gasteiger charge is 2.30. The van der Waals surface area contributed by atoms with E-state index in [0.29, 0.717) is 18.2 Å². The molecule has 0 fully saturated rings. The van der Waals surface area contributed by atoms with Crippen LogP contribution in [0.5, 0.6) is 5.75 Å². The van der Waals surface area contributed by atoms with Crippen molar-refractivity contribution >= 4 is 70.3 Å². The predicted molar refractivity (Wildman–Crippen MR) is 165 cm³/mol.